The fourth-order valence-corrected chi connectivity index (χ4v) is 4.73. The number of carbonyl (C=O) groups is 1. The quantitative estimate of drug-likeness (QED) is 0.845. The van der Waals surface area contributed by atoms with Crippen LogP contribution in [0.4, 0.5) is 5.13 Å². The van der Waals surface area contributed by atoms with Crippen molar-refractivity contribution in [2.24, 2.45) is 11.8 Å². The van der Waals surface area contributed by atoms with E-state index in [9.17, 15) is 13.2 Å². The van der Waals surface area contributed by atoms with Gasteiger partial charge in [-0.25, -0.2) is 8.42 Å². The highest BCUT2D eigenvalue weighted by atomic mass is 32.2. The largest absolute Gasteiger partial charge is 0.300 e. The van der Waals surface area contributed by atoms with E-state index in [1.807, 2.05) is 6.92 Å². The van der Waals surface area contributed by atoms with E-state index in [2.05, 4.69) is 15.5 Å². The van der Waals surface area contributed by atoms with E-state index < -0.39 is 10.0 Å². The van der Waals surface area contributed by atoms with Crippen LogP contribution in [-0.4, -0.2) is 41.9 Å². The average molecular weight is 332 g/mol. The molecule has 0 aliphatic carbocycles. The molecule has 0 aromatic carbocycles. The van der Waals surface area contributed by atoms with E-state index in [-0.39, 0.29) is 21.3 Å². The summed E-state index contributed by atoms with van der Waals surface area (Å²) < 4.78 is 26.4. The van der Waals surface area contributed by atoms with Gasteiger partial charge in [0, 0.05) is 19.0 Å². The van der Waals surface area contributed by atoms with Crippen LogP contribution in [0.1, 0.15) is 33.6 Å². The average Bonchev–Trinajstić information content (AvgIpc) is 2.87. The lowest BCUT2D eigenvalue weighted by Gasteiger charge is -2.28. The molecule has 0 radical (unpaired) electrons. The Hall–Kier alpha value is -1.06. The summed E-state index contributed by atoms with van der Waals surface area (Å²) in [6.45, 7) is 6.57. The number of rotatable bonds is 4. The summed E-state index contributed by atoms with van der Waals surface area (Å²) in [5, 5.41) is 10.3. The maximum atomic E-state index is 12.5. The number of hydrogen-bond donors (Lipinski definition) is 1. The Balaban J connectivity index is 2.14. The van der Waals surface area contributed by atoms with Gasteiger partial charge in [0.2, 0.25) is 15.4 Å². The van der Waals surface area contributed by atoms with E-state index in [1.54, 1.807) is 13.8 Å². The Kier molecular flexibility index (Phi) is 4.95. The van der Waals surface area contributed by atoms with Gasteiger partial charge in [0.25, 0.3) is 10.0 Å². The molecule has 9 heteroatoms. The first kappa shape index (κ1) is 16.3. The molecule has 1 aromatic rings. The summed E-state index contributed by atoms with van der Waals surface area (Å²) in [6, 6.07) is 0. The summed E-state index contributed by atoms with van der Waals surface area (Å²) in [5.41, 5.74) is 0. The molecule has 1 aliphatic heterocycles. The Morgan fingerprint density at radius 3 is 2.76 bits per heavy atom. The highest BCUT2D eigenvalue weighted by Gasteiger charge is 2.31. The number of piperidine rings is 1. The van der Waals surface area contributed by atoms with Gasteiger partial charge in [-0.1, -0.05) is 32.1 Å². The molecule has 2 rings (SSSR count). The second kappa shape index (κ2) is 6.37. The summed E-state index contributed by atoms with van der Waals surface area (Å²) in [6.07, 6.45) is 1.90. The highest BCUT2D eigenvalue weighted by molar-refractivity contribution is 7.91. The molecule has 0 saturated carbocycles. The second-order valence-corrected chi connectivity index (χ2v) is 8.72. The zero-order valence-corrected chi connectivity index (χ0v) is 14.0. The van der Waals surface area contributed by atoms with Crippen molar-refractivity contribution in [1.29, 1.82) is 0 Å². The third-order valence-corrected chi connectivity index (χ3v) is 6.39. The third-order valence-electron chi connectivity index (χ3n) is 3.34. The van der Waals surface area contributed by atoms with E-state index in [0.29, 0.717) is 19.0 Å². The molecule has 1 aliphatic rings. The first-order valence-corrected chi connectivity index (χ1v) is 9.21. The normalized spacial score (nSPS) is 20.7. The van der Waals surface area contributed by atoms with Crippen molar-refractivity contribution in [1.82, 2.24) is 14.5 Å². The minimum atomic E-state index is -3.60. The lowest BCUT2D eigenvalue weighted by molar-refractivity contribution is -0.118. The van der Waals surface area contributed by atoms with Gasteiger partial charge in [0.15, 0.2) is 0 Å². The fourth-order valence-electron chi connectivity index (χ4n) is 2.09. The summed E-state index contributed by atoms with van der Waals surface area (Å²) in [7, 11) is -3.60. The lowest BCUT2D eigenvalue weighted by atomic mass is 10.0. The number of nitrogens with one attached hydrogen (secondary N) is 1. The number of nitrogens with zero attached hydrogens (tertiary/aromatic N) is 3. The zero-order valence-electron chi connectivity index (χ0n) is 12.4. The van der Waals surface area contributed by atoms with Gasteiger partial charge in [0.05, 0.1) is 0 Å². The highest BCUT2D eigenvalue weighted by Crippen LogP contribution is 2.27. The molecule has 1 aromatic heterocycles. The molecule has 7 nitrogen and oxygen atoms in total. The van der Waals surface area contributed by atoms with Crippen LogP contribution in [0.15, 0.2) is 4.34 Å². The summed E-state index contributed by atoms with van der Waals surface area (Å²) in [5.74, 6) is -0.0554. The molecule has 1 saturated heterocycles. The molecule has 1 amide bonds. The number of aromatic nitrogens is 2. The predicted molar refractivity (Wildman–Crippen MR) is 80.5 cm³/mol. The van der Waals surface area contributed by atoms with Crippen LogP contribution in [0.25, 0.3) is 0 Å². The maximum Gasteiger partial charge on any atom is 0.272 e. The summed E-state index contributed by atoms with van der Waals surface area (Å²) >= 11 is 0.897. The van der Waals surface area contributed by atoms with Crippen molar-refractivity contribution in [3.05, 3.63) is 0 Å². The minimum absolute atomic E-state index is 0.0596. The van der Waals surface area contributed by atoms with Crippen molar-refractivity contribution >= 4 is 32.4 Å². The molecular formula is C12H20N4O3S2. The fraction of sp³-hybridized carbons (Fsp3) is 0.750. The van der Waals surface area contributed by atoms with Crippen LogP contribution in [0.2, 0.25) is 0 Å². The Morgan fingerprint density at radius 2 is 2.14 bits per heavy atom. The van der Waals surface area contributed by atoms with Crippen LogP contribution in [-0.2, 0) is 14.8 Å². The number of sulfonamides is 1. The number of carbonyl (C=O) groups excluding carboxylic acids is 1. The molecule has 1 atom stereocenters. The standard InChI is InChI=1S/C12H20N4O3S2/c1-8(2)10(17)13-11-14-15-12(20-11)21(18,19)16-6-4-5-9(3)7-16/h8-9H,4-7H2,1-3H3,(H,13,14,17)/t9-/m1/s1. The topological polar surface area (TPSA) is 92.3 Å². The van der Waals surface area contributed by atoms with Crippen LogP contribution in [0.3, 0.4) is 0 Å². The molecule has 0 bridgehead atoms. The smallest absolute Gasteiger partial charge is 0.272 e. The molecule has 21 heavy (non-hydrogen) atoms. The number of amides is 1. The van der Waals surface area contributed by atoms with Crippen molar-refractivity contribution in [2.45, 2.75) is 38.0 Å². The molecule has 2 heterocycles. The van der Waals surface area contributed by atoms with Gasteiger partial charge in [-0.05, 0) is 18.8 Å². The first-order valence-electron chi connectivity index (χ1n) is 6.95. The number of anilines is 1. The van der Waals surface area contributed by atoms with Crippen molar-refractivity contribution < 1.29 is 13.2 Å². The molecule has 0 spiro atoms. The predicted octanol–water partition coefficient (Wildman–Crippen LogP) is 1.55. The number of hydrogen-bond acceptors (Lipinski definition) is 6. The maximum absolute atomic E-state index is 12.5. The van der Waals surface area contributed by atoms with Gasteiger partial charge in [-0.3, -0.25) is 4.79 Å². The van der Waals surface area contributed by atoms with Gasteiger partial charge in [-0.2, -0.15) is 4.31 Å². The Labute approximate surface area is 128 Å². The van der Waals surface area contributed by atoms with Crippen molar-refractivity contribution in [3.63, 3.8) is 0 Å². The van der Waals surface area contributed by atoms with E-state index in [0.717, 1.165) is 24.2 Å². The van der Waals surface area contributed by atoms with Gasteiger partial charge in [0.1, 0.15) is 0 Å². The Morgan fingerprint density at radius 1 is 1.43 bits per heavy atom. The van der Waals surface area contributed by atoms with E-state index >= 15 is 0 Å². The van der Waals surface area contributed by atoms with Crippen LogP contribution in [0, 0.1) is 11.8 Å². The van der Waals surface area contributed by atoms with Crippen LogP contribution < -0.4 is 5.32 Å². The minimum Gasteiger partial charge on any atom is -0.300 e. The van der Waals surface area contributed by atoms with Gasteiger partial charge in [-0.15, -0.1) is 10.2 Å². The first-order chi connectivity index (χ1) is 9.80. The monoisotopic (exact) mass is 332 g/mol. The van der Waals surface area contributed by atoms with Crippen LogP contribution >= 0.6 is 11.3 Å². The van der Waals surface area contributed by atoms with E-state index in [1.165, 1.54) is 4.31 Å². The molecule has 0 unspecified atom stereocenters. The lowest BCUT2D eigenvalue weighted by Crippen LogP contribution is -2.39. The molecule has 1 N–H and O–H groups in total. The van der Waals surface area contributed by atoms with Gasteiger partial charge >= 0.3 is 0 Å². The zero-order chi connectivity index (χ0) is 15.6. The molecular weight excluding hydrogens is 312 g/mol. The molecule has 1 fully saturated rings. The Bertz CT molecular complexity index is 612. The van der Waals surface area contributed by atoms with Crippen molar-refractivity contribution in [2.75, 3.05) is 18.4 Å². The van der Waals surface area contributed by atoms with E-state index in [4.69, 9.17) is 0 Å². The van der Waals surface area contributed by atoms with Gasteiger partial charge < -0.3 is 5.32 Å². The SMILES string of the molecule is CC(C)C(=O)Nc1nnc(S(=O)(=O)N2CCC[C@@H](C)C2)s1. The second-order valence-electron chi connectivity index (χ2n) is 5.63. The summed E-state index contributed by atoms with van der Waals surface area (Å²) in [4.78, 5) is 11.6. The van der Waals surface area contributed by atoms with Crippen LogP contribution in [0.5, 0.6) is 0 Å². The molecule has 118 valence electrons. The van der Waals surface area contributed by atoms with Crippen molar-refractivity contribution in [3.8, 4) is 0 Å². The third kappa shape index (κ3) is 3.78.